The van der Waals surface area contributed by atoms with Crippen LogP contribution < -0.4 is 5.32 Å². The minimum atomic E-state index is 0.667. The average Bonchev–Trinajstić information content (AvgIpc) is 2.69. The summed E-state index contributed by atoms with van der Waals surface area (Å²) in [5.41, 5.74) is 1.09. The van der Waals surface area contributed by atoms with Crippen LogP contribution in [0.25, 0.3) is 0 Å². The zero-order valence-corrected chi connectivity index (χ0v) is 10.2. The maximum Gasteiger partial charge on any atom is 0.115 e. The number of nitrogens with zero attached hydrogens (tertiary/aromatic N) is 2. The van der Waals surface area contributed by atoms with Gasteiger partial charge < -0.3 is 5.32 Å². The monoisotopic (exact) mass is 219 g/mol. The van der Waals surface area contributed by atoms with Crippen LogP contribution in [0.5, 0.6) is 0 Å². The number of aromatic nitrogens is 2. The van der Waals surface area contributed by atoms with Crippen molar-refractivity contribution in [3.8, 4) is 0 Å². The molecule has 3 nitrogen and oxygen atoms in total. The molecule has 2 rings (SSSR count). The predicted octanol–water partition coefficient (Wildman–Crippen LogP) is 2.39. The van der Waals surface area contributed by atoms with Crippen LogP contribution in [0.3, 0.4) is 0 Å². The van der Waals surface area contributed by atoms with Gasteiger partial charge in [-0.05, 0) is 30.7 Å². The second-order valence-corrected chi connectivity index (χ2v) is 4.79. The molecule has 1 aliphatic carbocycles. The van der Waals surface area contributed by atoms with E-state index in [1.54, 1.807) is 12.5 Å². The zero-order valence-electron chi connectivity index (χ0n) is 10.2. The van der Waals surface area contributed by atoms with E-state index in [9.17, 15) is 0 Å². The summed E-state index contributed by atoms with van der Waals surface area (Å²) in [5.74, 6) is 1.70. The summed E-state index contributed by atoms with van der Waals surface area (Å²) < 4.78 is 0. The molecule has 3 unspecified atom stereocenters. The van der Waals surface area contributed by atoms with Crippen LogP contribution in [-0.4, -0.2) is 16.0 Å². The molecular weight excluding hydrogens is 198 g/mol. The first-order valence-electron chi connectivity index (χ1n) is 6.29. The molecule has 0 saturated heterocycles. The Morgan fingerprint density at radius 1 is 1.44 bits per heavy atom. The van der Waals surface area contributed by atoms with E-state index in [2.05, 4.69) is 29.1 Å². The molecule has 16 heavy (non-hydrogen) atoms. The highest BCUT2D eigenvalue weighted by atomic mass is 15.0. The molecule has 0 aromatic carbocycles. The third-order valence-corrected chi connectivity index (χ3v) is 3.94. The van der Waals surface area contributed by atoms with E-state index in [1.165, 1.54) is 19.3 Å². The molecule has 1 saturated carbocycles. The van der Waals surface area contributed by atoms with Crippen molar-refractivity contribution in [2.24, 2.45) is 11.8 Å². The minimum absolute atomic E-state index is 0.667. The van der Waals surface area contributed by atoms with Gasteiger partial charge in [0.2, 0.25) is 0 Å². The second-order valence-electron chi connectivity index (χ2n) is 4.79. The van der Waals surface area contributed by atoms with E-state index >= 15 is 0 Å². The highest BCUT2D eigenvalue weighted by Crippen LogP contribution is 2.33. The van der Waals surface area contributed by atoms with E-state index in [0.717, 1.165) is 24.1 Å². The SMILES string of the molecule is CCC1CCC(NCc2ccncn2)C1C. The lowest BCUT2D eigenvalue weighted by Crippen LogP contribution is -2.32. The topological polar surface area (TPSA) is 37.8 Å². The Hall–Kier alpha value is -0.960. The van der Waals surface area contributed by atoms with Crippen LogP contribution in [0.4, 0.5) is 0 Å². The first-order valence-corrected chi connectivity index (χ1v) is 6.29. The summed E-state index contributed by atoms with van der Waals surface area (Å²) in [4.78, 5) is 8.16. The highest BCUT2D eigenvalue weighted by molar-refractivity contribution is 4.98. The Balaban J connectivity index is 1.83. The molecule has 0 radical (unpaired) electrons. The average molecular weight is 219 g/mol. The molecule has 88 valence electrons. The van der Waals surface area contributed by atoms with Crippen LogP contribution in [0, 0.1) is 11.8 Å². The molecule has 0 spiro atoms. The van der Waals surface area contributed by atoms with Gasteiger partial charge in [0.05, 0.1) is 5.69 Å². The molecule has 0 aliphatic heterocycles. The standard InChI is InChI=1S/C13H21N3/c1-3-11-4-5-13(10(11)2)15-8-12-6-7-14-9-16-12/h6-7,9-11,13,15H,3-5,8H2,1-2H3. The zero-order chi connectivity index (χ0) is 11.4. The second kappa shape index (κ2) is 5.39. The third-order valence-electron chi connectivity index (χ3n) is 3.94. The Labute approximate surface area is 97.7 Å². The smallest absolute Gasteiger partial charge is 0.115 e. The predicted molar refractivity (Wildman–Crippen MR) is 64.8 cm³/mol. The van der Waals surface area contributed by atoms with Crippen molar-refractivity contribution in [1.29, 1.82) is 0 Å². The normalized spacial score (nSPS) is 29.5. The lowest BCUT2D eigenvalue weighted by molar-refractivity contribution is 0.343. The number of hydrogen-bond acceptors (Lipinski definition) is 3. The van der Waals surface area contributed by atoms with Gasteiger partial charge in [0.1, 0.15) is 6.33 Å². The molecule has 1 aliphatic rings. The molecule has 1 heterocycles. The van der Waals surface area contributed by atoms with Gasteiger partial charge in [-0.15, -0.1) is 0 Å². The first-order chi connectivity index (χ1) is 7.81. The van der Waals surface area contributed by atoms with Crippen LogP contribution in [0.1, 0.15) is 38.8 Å². The van der Waals surface area contributed by atoms with Gasteiger partial charge in [0, 0.05) is 18.8 Å². The van der Waals surface area contributed by atoms with Crippen LogP contribution in [0.15, 0.2) is 18.6 Å². The molecule has 3 atom stereocenters. The fourth-order valence-electron chi connectivity index (χ4n) is 2.77. The Morgan fingerprint density at radius 2 is 2.31 bits per heavy atom. The quantitative estimate of drug-likeness (QED) is 0.845. The number of hydrogen-bond donors (Lipinski definition) is 1. The fraction of sp³-hybridized carbons (Fsp3) is 0.692. The summed E-state index contributed by atoms with van der Waals surface area (Å²) in [6.07, 6.45) is 7.41. The lowest BCUT2D eigenvalue weighted by atomic mass is 9.93. The highest BCUT2D eigenvalue weighted by Gasteiger charge is 2.30. The summed E-state index contributed by atoms with van der Waals surface area (Å²) in [6.45, 7) is 5.54. The van der Waals surface area contributed by atoms with Gasteiger partial charge in [0.25, 0.3) is 0 Å². The molecule has 1 fully saturated rings. The summed E-state index contributed by atoms with van der Waals surface area (Å²) >= 11 is 0. The molecular formula is C13H21N3. The first kappa shape index (κ1) is 11.5. The van der Waals surface area contributed by atoms with E-state index in [0.29, 0.717) is 6.04 Å². The minimum Gasteiger partial charge on any atom is -0.308 e. The number of nitrogens with one attached hydrogen (secondary N) is 1. The molecule has 1 aromatic heterocycles. The third kappa shape index (κ3) is 2.59. The van der Waals surface area contributed by atoms with Crippen molar-refractivity contribution in [2.75, 3.05) is 0 Å². The Morgan fingerprint density at radius 3 is 2.94 bits per heavy atom. The van der Waals surface area contributed by atoms with E-state index in [1.807, 2.05) is 6.07 Å². The van der Waals surface area contributed by atoms with Crippen LogP contribution in [-0.2, 0) is 6.54 Å². The molecule has 3 heteroatoms. The van der Waals surface area contributed by atoms with E-state index in [-0.39, 0.29) is 0 Å². The van der Waals surface area contributed by atoms with Gasteiger partial charge in [-0.1, -0.05) is 20.3 Å². The van der Waals surface area contributed by atoms with E-state index < -0.39 is 0 Å². The van der Waals surface area contributed by atoms with Crippen molar-refractivity contribution < 1.29 is 0 Å². The van der Waals surface area contributed by atoms with Gasteiger partial charge >= 0.3 is 0 Å². The van der Waals surface area contributed by atoms with Crippen LogP contribution in [0.2, 0.25) is 0 Å². The maximum atomic E-state index is 4.23. The Bertz CT molecular complexity index is 312. The van der Waals surface area contributed by atoms with Crippen molar-refractivity contribution in [3.05, 3.63) is 24.3 Å². The molecule has 1 aromatic rings. The lowest BCUT2D eigenvalue weighted by Gasteiger charge is -2.20. The molecule has 0 bridgehead atoms. The van der Waals surface area contributed by atoms with Crippen molar-refractivity contribution in [3.63, 3.8) is 0 Å². The van der Waals surface area contributed by atoms with Gasteiger partial charge in [0.15, 0.2) is 0 Å². The van der Waals surface area contributed by atoms with Crippen molar-refractivity contribution in [2.45, 2.75) is 45.7 Å². The number of rotatable bonds is 4. The Kier molecular flexibility index (Phi) is 3.88. The molecule has 1 N–H and O–H groups in total. The summed E-state index contributed by atoms with van der Waals surface area (Å²) in [5, 5.41) is 3.62. The van der Waals surface area contributed by atoms with Crippen LogP contribution >= 0.6 is 0 Å². The van der Waals surface area contributed by atoms with Gasteiger partial charge in [-0.3, -0.25) is 0 Å². The molecule has 0 amide bonds. The van der Waals surface area contributed by atoms with Gasteiger partial charge in [-0.25, -0.2) is 9.97 Å². The van der Waals surface area contributed by atoms with Gasteiger partial charge in [-0.2, -0.15) is 0 Å². The fourth-order valence-corrected chi connectivity index (χ4v) is 2.77. The largest absolute Gasteiger partial charge is 0.308 e. The summed E-state index contributed by atoms with van der Waals surface area (Å²) in [6, 6.07) is 2.64. The maximum absolute atomic E-state index is 4.23. The van der Waals surface area contributed by atoms with Crippen molar-refractivity contribution >= 4 is 0 Å². The summed E-state index contributed by atoms with van der Waals surface area (Å²) in [7, 11) is 0. The van der Waals surface area contributed by atoms with E-state index in [4.69, 9.17) is 0 Å². The van der Waals surface area contributed by atoms with Crippen molar-refractivity contribution in [1.82, 2.24) is 15.3 Å².